The molecule has 1 rings (SSSR count). The molecular formula is C12H25NO2S. The first-order valence-corrected chi connectivity index (χ1v) is 8.25. The van der Waals surface area contributed by atoms with E-state index in [0.717, 1.165) is 6.42 Å². The summed E-state index contributed by atoms with van der Waals surface area (Å²) in [5, 5.41) is 3.43. The maximum atomic E-state index is 11.5. The molecule has 96 valence electrons. The summed E-state index contributed by atoms with van der Waals surface area (Å²) in [6.07, 6.45) is 6.95. The molecule has 1 aliphatic rings. The van der Waals surface area contributed by atoms with Crippen molar-refractivity contribution >= 4 is 9.84 Å². The predicted molar refractivity (Wildman–Crippen MR) is 68.4 cm³/mol. The molecule has 0 aromatic rings. The topological polar surface area (TPSA) is 46.2 Å². The van der Waals surface area contributed by atoms with Crippen LogP contribution in [0.2, 0.25) is 0 Å². The molecule has 16 heavy (non-hydrogen) atoms. The number of sulfone groups is 1. The van der Waals surface area contributed by atoms with Gasteiger partial charge in [0.05, 0.1) is 5.75 Å². The Kier molecular flexibility index (Phi) is 5.25. The second-order valence-electron chi connectivity index (χ2n) is 5.20. The first kappa shape index (κ1) is 14.0. The molecule has 0 atom stereocenters. The third-order valence-electron chi connectivity index (χ3n) is 3.44. The van der Waals surface area contributed by atoms with E-state index >= 15 is 0 Å². The van der Waals surface area contributed by atoms with Gasteiger partial charge in [-0.05, 0) is 26.2 Å². The van der Waals surface area contributed by atoms with E-state index < -0.39 is 9.84 Å². The predicted octanol–water partition coefficient (Wildman–Crippen LogP) is 2.12. The fraction of sp³-hybridized carbons (Fsp3) is 1.00. The monoisotopic (exact) mass is 247 g/mol. The third-order valence-corrected chi connectivity index (χ3v) is 5.29. The fourth-order valence-electron chi connectivity index (χ4n) is 2.43. The zero-order valence-corrected chi connectivity index (χ0v) is 11.4. The quantitative estimate of drug-likeness (QED) is 0.782. The number of hydrogen-bond acceptors (Lipinski definition) is 3. The second-order valence-corrected chi connectivity index (χ2v) is 7.50. The largest absolute Gasteiger partial charge is 0.311 e. The average molecular weight is 247 g/mol. The van der Waals surface area contributed by atoms with Crippen molar-refractivity contribution in [3.05, 3.63) is 0 Å². The molecule has 1 fully saturated rings. The normalized spacial score (nSPS) is 20.9. The molecule has 1 saturated carbocycles. The van der Waals surface area contributed by atoms with Gasteiger partial charge in [-0.15, -0.1) is 0 Å². The molecule has 0 saturated heterocycles. The van der Waals surface area contributed by atoms with Gasteiger partial charge in [-0.25, -0.2) is 8.42 Å². The van der Waals surface area contributed by atoms with E-state index in [-0.39, 0.29) is 11.3 Å². The van der Waals surface area contributed by atoms with Crippen LogP contribution in [0.25, 0.3) is 0 Å². The van der Waals surface area contributed by atoms with Gasteiger partial charge in [0.1, 0.15) is 0 Å². The van der Waals surface area contributed by atoms with E-state index in [2.05, 4.69) is 12.2 Å². The molecule has 0 amide bonds. The van der Waals surface area contributed by atoms with Crippen molar-refractivity contribution in [2.75, 3.05) is 18.1 Å². The number of hydrogen-bond donors (Lipinski definition) is 1. The Morgan fingerprint density at radius 1 is 1.12 bits per heavy atom. The molecule has 0 aliphatic heterocycles. The Balaban J connectivity index is 2.29. The van der Waals surface area contributed by atoms with Crippen LogP contribution in [-0.2, 0) is 9.84 Å². The molecule has 4 heteroatoms. The third kappa shape index (κ3) is 4.83. The van der Waals surface area contributed by atoms with Gasteiger partial charge in [0.25, 0.3) is 0 Å². The molecule has 1 N–H and O–H groups in total. The van der Waals surface area contributed by atoms with Gasteiger partial charge in [-0.3, -0.25) is 0 Å². The van der Waals surface area contributed by atoms with Crippen molar-refractivity contribution in [1.29, 1.82) is 0 Å². The van der Waals surface area contributed by atoms with Crippen LogP contribution in [0.1, 0.15) is 52.4 Å². The van der Waals surface area contributed by atoms with Crippen LogP contribution >= 0.6 is 0 Å². The molecule has 0 spiro atoms. The maximum Gasteiger partial charge on any atom is 0.151 e. The minimum absolute atomic E-state index is 0.181. The van der Waals surface area contributed by atoms with Crippen molar-refractivity contribution in [3.8, 4) is 0 Å². The summed E-state index contributed by atoms with van der Waals surface area (Å²) in [6.45, 7) is 4.74. The van der Waals surface area contributed by atoms with Crippen LogP contribution in [0.15, 0.2) is 0 Å². The number of nitrogens with one attached hydrogen (secondary N) is 1. The van der Waals surface area contributed by atoms with Crippen LogP contribution in [0.3, 0.4) is 0 Å². The van der Waals surface area contributed by atoms with Gasteiger partial charge in [0.15, 0.2) is 9.84 Å². The fourth-order valence-corrected chi connectivity index (χ4v) is 3.67. The van der Waals surface area contributed by atoms with Gasteiger partial charge in [0.2, 0.25) is 0 Å². The zero-order chi connectivity index (χ0) is 12.1. The first-order chi connectivity index (χ1) is 7.47. The highest BCUT2D eigenvalue weighted by Gasteiger charge is 2.26. The van der Waals surface area contributed by atoms with Crippen LogP contribution in [0.5, 0.6) is 0 Å². The Bertz CT molecular complexity index is 292. The lowest BCUT2D eigenvalue weighted by molar-refractivity contribution is 0.259. The van der Waals surface area contributed by atoms with Gasteiger partial charge < -0.3 is 5.32 Å². The van der Waals surface area contributed by atoms with Crippen molar-refractivity contribution in [1.82, 2.24) is 5.32 Å². The van der Waals surface area contributed by atoms with E-state index in [1.165, 1.54) is 32.1 Å². The highest BCUT2D eigenvalue weighted by molar-refractivity contribution is 7.91. The summed E-state index contributed by atoms with van der Waals surface area (Å²) in [4.78, 5) is 0. The smallest absolute Gasteiger partial charge is 0.151 e. The Morgan fingerprint density at radius 2 is 1.75 bits per heavy atom. The molecule has 0 bridgehead atoms. The summed E-state index contributed by atoms with van der Waals surface area (Å²) in [7, 11) is -2.82. The summed E-state index contributed by atoms with van der Waals surface area (Å²) in [6, 6.07) is 0. The first-order valence-electron chi connectivity index (χ1n) is 6.43. The lowest BCUT2D eigenvalue weighted by Gasteiger charge is -2.34. The highest BCUT2D eigenvalue weighted by Crippen LogP contribution is 2.27. The Morgan fingerprint density at radius 3 is 2.31 bits per heavy atom. The van der Waals surface area contributed by atoms with E-state index in [1.807, 2.05) is 6.92 Å². The standard InChI is InChI=1S/C12H25NO2S/c1-3-10-16(14,15)11-9-13-12(2)7-5-4-6-8-12/h13H,3-11H2,1-2H3. The minimum atomic E-state index is -2.82. The summed E-state index contributed by atoms with van der Waals surface area (Å²) >= 11 is 0. The van der Waals surface area contributed by atoms with Crippen LogP contribution in [-0.4, -0.2) is 32.0 Å². The molecule has 0 aromatic heterocycles. The molecule has 0 heterocycles. The van der Waals surface area contributed by atoms with Gasteiger partial charge >= 0.3 is 0 Å². The van der Waals surface area contributed by atoms with E-state index in [4.69, 9.17) is 0 Å². The lowest BCUT2D eigenvalue weighted by atomic mass is 9.83. The van der Waals surface area contributed by atoms with Crippen molar-refractivity contribution < 1.29 is 8.42 Å². The molecule has 0 radical (unpaired) electrons. The van der Waals surface area contributed by atoms with Gasteiger partial charge in [0, 0.05) is 17.8 Å². The molecule has 1 aliphatic carbocycles. The molecule has 0 unspecified atom stereocenters. The SMILES string of the molecule is CCCS(=O)(=O)CCNC1(C)CCCCC1. The zero-order valence-electron chi connectivity index (χ0n) is 10.6. The van der Waals surface area contributed by atoms with Crippen molar-refractivity contribution in [2.45, 2.75) is 57.9 Å². The Labute approximate surface area is 99.9 Å². The van der Waals surface area contributed by atoms with Gasteiger partial charge in [-0.2, -0.15) is 0 Å². The summed E-state index contributed by atoms with van der Waals surface area (Å²) < 4.78 is 23.1. The van der Waals surface area contributed by atoms with Crippen LogP contribution in [0, 0.1) is 0 Å². The Hall–Kier alpha value is -0.0900. The van der Waals surface area contributed by atoms with Crippen LogP contribution < -0.4 is 5.32 Å². The van der Waals surface area contributed by atoms with E-state index in [9.17, 15) is 8.42 Å². The molecule has 3 nitrogen and oxygen atoms in total. The van der Waals surface area contributed by atoms with Gasteiger partial charge in [-0.1, -0.05) is 26.2 Å². The lowest BCUT2D eigenvalue weighted by Crippen LogP contribution is -2.45. The average Bonchev–Trinajstić information content (AvgIpc) is 2.17. The van der Waals surface area contributed by atoms with Crippen molar-refractivity contribution in [3.63, 3.8) is 0 Å². The van der Waals surface area contributed by atoms with Crippen molar-refractivity contribution in [2.24, 2.45) is 0 Å². The molecular weight excluding hydrogens is 222 g/mol. The van der Waals surface area contributed by atoms with E-state index in [1.54, 1.807) is 0 Å². The summed E-state index contributed by atoms with van der Waals surface area (Å²) in [5.41, 5.74) is 0.181. The maximum absolute atomic E-state index is 11.5. The summed E-state index contributed by atoms with van der Waals surface area (Å²) in [5.74, 6) is 0.613. The highest BCUT2D eigenvalue weighted by atomic mass is 32.2. The molecule has 0 aromatic carbocycles. The van der Waals surface area contributed by atoms with E-state index in [0.29, 0.717) is 12.3 Å². The minimum Gasteiger partial charge on any atom is -0.311 e. The second kappa shape index (κ2) is 6.01. The number of rotatable bonds is 6. The van der Waals surface area contributed by atoms with Crippen LogP contribution in [0.4, 0.5) is 0 Å².